The first kappa shape index (κ1) is 34.1. The van der Waals surface area contributed by atoms with E-state index < -0.39 is 5.41 Å². The fourth-order valence-electron chi connectivity index (χ4n) is 10.5. The summed E-state index contributed by atoms with van der Waals surface area (Å²) in [5.41, 5.74) is 14.5. The van der Waals surface area contributed by atoms with Crippen molar-refractivity contribution in [2.24, 2.45) is 0 Å². The minimum Gasteiger partial charge on any atom is -0.341 e. The highest BCUT2D eigenvalue weighted by atomic mass is 32.1. The Hall–Kier alpha value is -6.94. The second kappa shape index (κ2) is 13.0. The average molecular weight is 773 g/mol. The smallest absolute Gasteiger partial charge is 0.0714 e. The summed E-state index contributed by atoms with van der Waals surface area (Å²) >= 11 is 1.89. The summed E-state index contributed by atoms with van der Waals surface area (Å²) in [7, 11) is 0. The number of aromatic nitrogens is 1. The topological polar surface area (TPSA) is 8.17 Å². The van der Waals surface area contributed by atoms with Crippen LogP contribution >= 0.6 is 11.3 Å². The van der Waals surface area contributed by atoms with E-state index in [1.807, 2.05) is 11.3 Å². The van der Waals surface area contributed by atoms with Gasteiger partial charge in [-0.2, -0.15) is 0 Å². The van der Waals surface area contributed by atoms with E-state index in [0.717, 1.165) is 12.2 Å². The zero-order valence-electron chi connectivity index (χ0n) is 33.0. The predicted octanol–water partition coefficient (Wildman–Crippen LogP) is 15.5. The van der Waals surface area contributed by atoms with Crippen molar-refractivity contribution in [3.63, 3.8) is 0 Å². The van der Waals surface area contributed by atoms with Gasteiger partial charge in [0.25, 0.3) is 0 Å². The minimum atomic E-state index is -0.550. The van der Waals surface area contributed by atoms with E-state index in [1.54, 1.807) is 0 Å². The van der Waals surface area contributed by atoms with Gasteiger partial charge in [0.05, 0.1) is 27.0 Å². The van der Waals surface area contributed by atoms with Gasteiger partial charge in [0.15, 0.2) is 0 Å². The van der Waals surface area contributed by atoms with Crippen LogP contribution in [-0.2, 0) is 12.0 Å². The normalized spacial score (nSPS) is 13.1. The largest absolute Gasteiger partial charge is 0.341 e. The number of hydrogen-bond acceptors (Lipinski definition) is 2. The highest BCUT2D eigenvalue weighted by Gasteiger charge is 2.47. The van der Waals surface area contributed by atoms with E-state index in [1.165, 1.54) is 103 Å². The maximum Gasteiger partial charge on any atom is 0.0714 e. The van der Waals surface area contributed by atoms with E-state index in [2.05, 4.69) is 217 Å². The summed E-state index contributed by atoms with van der Waals surface area (Å²) in [5.74, 6) is 0. The van der Waals surface area contributed by atoms with Crippen LogP contribution in [0.25, 0.3) is 63.9 Å². The van der Waals surface area contributed by atoms with Crippen LogP contribution in [0.4, 0.5) is 17.1 Å². The molecule has 2 nitrogen and oxygen atoms in total. The van der Waals surface area contributed by atoms with E-state index in [0.29, 0.717) is 0 Å². The second-order valence-corrected chi connectivity index (χ2v) is 17.0. The zero-order valence-corrected chi connectivity index (χ0v) is 33.8. The number of benzene rings is 9. The van der Waals surface area contributed by atoms with Crippen LogP contribution in [0.5, 0.6) is 0 Å². The summed E-state index contributed by atoms with van der Waals surface area (Å²) < 4.78 is 5.06. The highest BCUT2D eigenvalue weighted by Crippen LogP contribution is 2.60. The molecule has 0 spiro atoms. The molecule has 0 aliphatic heterocycles. The molecule has 0 saturated carbocycles. The molecular formula is C56H40N2S. The molecule has 59 heavy (non-hydrogen) atoms. The molecule has 1 aliphatic carbocycles. The summed E-state index contributed by atoms with van der Waals surface area (Å²) in [5, 5.41) is 7.64. The monoisotopic (exact) mass is 772 g/mol. The van der Waals surface area contributed by atoms with Gasteiger partial charge in [0.1, 0.15) is 0 Å². The number of fused-ring (bicyclic) bond motifs is 11. The Kier molecular flexibility index (Phi) is 7.54. The Bertz CT molecular complexity index is 3410. The lowest BCUT2D eigenvalue weighted by Crippen LogP contribution is -2.29. The number of hydrogen-bond donors (Lipinski definition) is 0. The van der Waals surface area contributed by atoms with Gasteiger partial charge >= 0.3 is 0 Å². The van der Waals surface area contributed by atoms with Gasteiger partial charge in [-0.25, -0.2) is 0 Å². The molecule has 0 radical (unpaired) electrons. The number of thiophene rings is 1. The molecular weight excluding hydrogens is 733 g/mol. The number of aryl methyl sites for hydroxylation is 2. The molecule has 3 heteroatoms. The molecule has 0 atom stereocenters. The van der Waals surface area contributed by atoms with E-state index in [9.17, 15) is 0 Å². The summed E-state index contributed by atoms with van der Waals surface area (Å²) in [6, 6.07) is 72.9. The number of anilines is 3. The Morgan fingerprint density at radius 3 is 1.90 bits per heavy atom. The van der Waals surface area contributed by atoms with Crippen LogP contribution in [0.15, 0.2) is 194 Å². The van der Waals surface area contributed by atoms with Gasteiger partial charge in [-0.15, -0.1) is 11.3 Å². The quantitative estimate of drug-likeness (QED) is 0.163. The fourth-order valence-corrected chi connectivity index (χ4v) is 11.7. The number of nitrogens with zero attached hydrogens (tertiary/aromatic N) is 2. The summed E-state index contributed by atoms with van der Waals surface area (Å²) in [6.45, 7) is 5.37. The number of rotatable bonds is 6. The zero-order chi connectivity index (χ0) is 39.2. The van der Waals surface area contributed by atoms with Crippen molar-refractivity contribution in [3.05, 3.63) is 222 Å². The van der Waals surface area contributed by atoms with Crippen molar-refractivity contribution in [1.29, 1.82) is 0 Å². The third kappa shape index (κ3) is 4.80. The van der Waals surface area contributed by atoms with Crippen molar-refractivity contribution in [2.75, 3.05) is 4.90 Å². The lowest BCUT2D eigenvalue weighted by atomic mass is 9.67. The lowest BCUT2D eigenvalue weighted by Gasteiger charge is -2.35. The van der Waals surface area contributed by atoms with Crippen LogP contribution in [-0.4, -0.2) is 4.57 Å². The first-order valence-corrected chi connectivity index (χ1v) is 21.5. The van der Waals surface area contributed by atoms with Gasteiger partial charge in [-0.3, -0.25) is 0 Å². The molecule has 12 rings (SSSR count). The van der Waals surface area contributed by atoms with Crippen LogP contribution < -0.4 is 4.90 Å². The van der Waals surface area contributed by atoms with Crippen molar-refractivity contribution in [2.45, 2.75) is 25.8 Å². The summed E-state index contributed by atoms with van der Waals surface area (Å²) in [4.78, 5) is 2.58. The predicted molar refractivity (Wildman–Crippen MR) is 252 cm³/mol. The van der Waals surface area contributed by atoms with Crippen LogP contribution in [0.1, 0.15) is 34.7 Å². The van der Waals surface area contributed by atoms with Crippen molar-refractivity contribution in [3.8, 4) is 11.1 Å². The molecule has 1 aliphatic rings. The Labute approximate surface area is 347 Å². The van der Waals surface area contributed by atoms with E-state index in [4.69, 9.17) is 0 Å². The molecule has 11 aromatic rings. The first-order valence-electron chi connectivity index (χ1n) is 20.7. The molecule has 0 N–H and O–H groups in total. The minimum absolute atomic E-state index is 0.550. The molecule has 2 heterocycles. The Morgan fingerprint density at radius 2 is 1.14 bits per heavy atom. The second-order valence-electron chi connectivity index (χ2n) is 15.9. The molecule has 0 amide bonds. The fraction of sp³-hybridized carbons (Fsp3) is 0.0714. The van der Waals surface area contributed by atoms with Gasteiger partial charge in [-0.05, 0) is 89.0 Å². The standard InChI is InChI=1S/C56H40N2S/c1-3-57-49-26-14-12-21-40(49)42-32-30-39(34-51(42)57)58(50-27-16-25-45-43-23-13-15-28-53(43)59-55(45)50)52-35-48-54(44-24-11-10-22-41(44)52)46-31-29-36(2)33-47(46)56(48,37-17-6-4-7-18-37)38-19-8-5-9-20-38/h4-35H,3H2,1-2H3. The molecule has 2 aromatic heterocycles. The third-order valence-electron chi connectivity index (χ3n) is 12.9. The van der Waals surface area contributed by atoms with E-state index in [-0.39, 0.29) is 0 Å². The van der Waals surface area contributed by atoms with Gasteiger partial charge in [0, 0.05) is 49.4 Å². The molecule has 0 fully saturated rings. The van der Waals surface area contributed by atoms with Crippen LogP contribution in [0.3, 0.4) is 0 Å². The van der Waals surface area contributed by atoms with Gasteiger partial charge < -0.3 is 9.47 Å². The maximum absolute atomic E-state index is 2.58. The first-order chi connectivity index (χ1) is 29.1. The third-order valence-corrected chi connectivity index (χ3v) is 14.1. The SMILES string of the molecule is CCn1c2ccccc2c2ccc(N(c3cc4c(c5ccccc35)-c3ccc(C)cc3C4(c3ccccc3)c3ccccc3)c3cccc4c3sc3ccccc34)cc21. The van der Waals surface area contributed by atoms with Crippen LogP contribution in [0.2, 0.25) is 0 Å². The van der Waals surface area contributed by atoms with Crippen LogP contribution in [0, 0.1) is 6.92 Å². The molecule has 280 valence electrons. The number of para-hydroxylation sites is 1. The Morgan fingerprint density at radius 1 is 0.492 bits per heavy atom. The van der Waals surface area contributed by atoms with Crippen molar-refractivity contribution >= 4 is 81.1 Å². The van der Waals surface area contributed by atoms with Crippen molar-refractivity contribution in [1.82, 2.24) is 4.57 Å². The lowest BCUT2D eigenvalue weighted by molar-refractivity contribution is 0.768. The molecule has 0 bridgehead atoms. The molecule has 0 unspecified atom stereocenters. The summed E-state index contributed by atoms with van der Waals surface area (Å²) in [6.07, 6.45) is 0. The molecule has 0 saturated heterocycles. The highest BCUT2D eigenvalue weighted by molar-refractivity contribution is 7.26. The van der Waals surface area contributed by atoms with Crippen molar-refractivity contribution < 1.29 is 0 Å². The maximum atomic E-state index is 2.58. The van der Waals surface area contributed by atoms with E-state index >= 15 is 0 Å². The molecule has 9 aromatic carbocycles. The Balaban J connectivity index is 1.25. The van der Waals surface area contributed by atoms with Gasteiger partial charge in [-0.1, -0.05) is 163 Å². The van der Waals surface area contributed by atoms with Gasteiger partial charge in [0.2, 0.25) is 0 Å². The average Bonchev–Trinajstić information content (AvgIpc) is 3.93.